The molecule has 1 aliphatic heterocycles. The van der Waals surface area contributed by atoms with Crippen LogP contribution in [0.2, 0.25) is 0 Å². The lowest BCUT2D eigenvalue weighted by molar-refractivity contribution is -0.384. The van der Waals surface area contributed by atoms with Gasteiger partial charge in [-0.15, -0.1) is 0 Å². The van der Waals surface area contributed by atoms with E-state index in [1.807, 2.05) is 78.9 Å². The Morgan fingerprint density at radius 1 is 0.911 bits per heavy atom. The molecule has 1 fully saturated rings. The first-order valence-corrected chi connectivity index (χ1v) is 20.5. The zero-order valence-electron chi connectivity index (χ0n) is 31.4. The lowest BCUT2D eigenvalue weighted by Crippen LogP contribution is -2.50. The predicted octanol–water partition coefficient (Wildman–Crippen LogP) is 6.43. The highest BCUT2D eigenvalue weighted by molar-refractivity contribution is 7.56. The number of carbonyl (C=O) groups excluding carboxylic acids is 3. The molecule has 0 aromatic heterocycles. The van der Waals surface area contributed by atoms with Gasteiger partial charge in [-0.05, 0) is 73.1 Å². The van der Waals surface area contributed by atoms with E-state index in [0.29, 0.717) is 38.0 Å². The Morgan fingerprint density at radius 3 is 2.20 bits per heavy atom. The standard InChI is InChI=1S/C41H47N6O8P/c1-3-55-56(53,27-43-39(48)28(2)44-41(50)54-26-37-35-16-9-7-14-33(35)34-15-8-10-17-36(34)37)46-23-11-18-38(46)40(49)45-31(24-29-12-5-4-6-13-29)25-42-30-19-21-32(22-20-30)47(51)52/h4-10,12-17,19-22,28,31,37-38,42H,3,11,18,23-27H2,1-2H3,(H,43,48)(H,44,50)(H,45,49)/t28-,31+,38-,56-/m0/s1. The van der Waals surface area contributed by atoms with Crippen LogP contribution in [0.15, 0.2) is 103 Å². The highest BCUT2D eigenvalue weighted by atomic mass is 31.2. The first-order valence-electron chi connectivity index (χ1n) is 18.8. The Morgan fingerprint density at radius 2 is 1.55 bits per heavy atom. The Hall–Kier alpha value is -5.56. The lowest BCUT2D eigenvalue weighted by atomic mass is 9.98. The largest absolute Gasteiger partial charge is 0.449 e. The van der Waals surface area contributed by atoms with Gasteiger partial charge in [0.05, 0.1) is 23.6 Å². The van der Waals surface area contributed by atoms with Crippen molar-refractivity contribution in [2.45, 2.75) is 57.2 Å². The van der Waals surface area contributed by atoms with Gasteiger partial charge in [0.15, 0.2) is 0 Å². The molecule has 0 unspecified atom stereocenters. The highest BCUT2D eigenvalue weighted by Crippen LogP contribution is 2.53. The topological polar surface area (TPSA) is 181 Å². The first kappa shape index (κ1) is 40.1. The van der Waals surface area contributed by atoms with E-state index in [4.69, 9.17) is 9.26 Å². The molecule has 4 aromatic carbocycles. The molecule has 0 spiro atoms. The molecule has 4 atom stereocenters. The van der Waals surface area contributed by atoms with Gasteiger partial charge in [-0.3, -0.25) is 24.3 Å². The molecule has 6 rings (SSSR count). The number of alkyl carbamates (subject to hydrolysis) is 1. The summed E-state index contributed by atoms with van der Waals surface area (Å²) in [5, 5.41) is 22.7. The number of nitro groups is 1. The summed E-state index contributed by atoms with van der Waals surface area (Å²) in [6.45, 7) is 4.02. The molecule has 1 heterocycles. The number of anilines is 1. The average molecular weight is 783 g/mol. The predicted molar refractivity (Wildman–Crippen MR) is 213 cm³/mol. The van der Waals surface area contributed by atoms with Crippen molar-refractivity contribution in [3.05, 3.63) is 130 Å². The molecule has 14 nitrogen and oxygen atoms in total. The molecule has 1 aliphatic carbocycles. The van der Waals surface area contributed by atoms with Gasteiger partial charge in [-0.25, -0.2) is 9.46 Å². The zero-order valence-corrected chi connectivity index (χ0v) is 32.3. The van der Waals surface area contributed by atoms with Crippen LogP contribution in [0.25, 0.3) is 11.1 Å². The maximum Gasteiger partial charge on any atom is 0.407 e. The van der Waals surface area contributed by atoms with Crippen molar-refractivity contribution in [1.82, 2.24) is 20.6 Å². The number of fused-ring (bicyclic) bond motifs is 3. The molecule has 56 heavy (non-hydrogen) atoms. The minimum atomic E-state index is -3.75. The van der Waals surface area contributed by atoms with Crippen LogP contribution in [0.5, 0.6) is 0 Å². The smallest absolute Gasteiger partial charge is 0.407 e. The molecule has 294 valence electrons. The summed E-state index contributed by atoms with van der Waals surface area (Å²) >= 11 is 0. The van der Waals surface area contributed by atoms with Gasteiger partial charge in [0.2, 0.25) is 11.8 Å². The SMILES string of the molecule is CCO[P@@](=O)(CNC(=O)[C@H](C)NC(=O)OCC1c2ccccc2-c2ccccc21)N1CCC[C@H]1C(=O)N[C@@H](CNc1ccc([N+](=O)[O-])cc1)Cc1ccccc1. The van der Waals surface area contributed by atoms with Crippen molar-refractivity contribution in [2.75, 3.05) is 37.9 Å². The molecule has 0 bridgehead atoms. The molecule has 1 saturated heterocycles. The second kappa shape index (κ2) is 18.4. The van der Waals surface area contributed by atoms with Crippen LogP contribution in [-0.4, -0.2) is 78.2 Å². The number of non-ortho nitro benzene ring substituents is 1. The maximum absolute atomic E-state index is 14.4. The number of amides is 3. The number of ether oxygens (including phenoxy) is 1. The van der Waals surface area contributed by atoms with E-state index in [2.05, 4.69) is 21.3 Å². The monoisotopic (exact) mass is 782 g/mol. The van der Waals surface area contributed by atoms with Gasteiger partial charge < -0.3 is 30.5 Å². The summed E-state index contributed by atoms with van der Waals surface area (Å²) in [5.74, 6) is -1.05. The summed E-state index contributed by atoms with van der Waals surface area (Å²) < 4.78 is 27.4. The van der Waals surface area contributed by atoms with E-state index in [9.17, 15) is 29.1 Å². The fourth-order valence-electron chi connectivity index (χ4n) is 7.32. The molecule has 3 amide bonds. The Kier molecular flexibility index (Phi) is 13.2. The minimum absolute atomic E-state index is 0.0257. The van der Waals surface area contributed by atoms with Crippen LogP contribution in [0, 0.1) is 10.1 Å². The number of carbonyl (C=O) groups is 3. The Labute approximate surface area is 326 Å². The van der Waals surface area contributed by atoms with E-state index in [1.54, 1.807) is 23.7 Å². The second-order valence-corrected chi connectivity index (χ2v) is 16.2. The number of hydrogen-bond acceptors (Lipinski definition) is 9. The van der Waals surface area contributed by atoms with E-state index in [1.165, 1.54) is 19.1 Å². The van der Waals surface area contributed by atoms with Crippen molar-refractivity contribution in [3.8, 4) is 11.1 Å². The average Bonchev–Trinajstić information content (AvgIpc) is 3.83. The van der Waals surface area contributed by atoms with E-state index in [0.717, 1.165) is 27.8 Å². The number of hydrogen-bond donors (Lipinski definition) is 4. The summed E-state index contributed by atoms with van der Waals surface area (Å²) in [6.07, 6.45) is 0.395. The van der Waals surface area contributed by atoms with Gasteiger partial charge in [0.1, 0.15) is 18.9 Å². The highest BCUT2D eigenvalue weighted by Gasteiger charge is 2.44. The fraction of sp³-hybridized carbons (Fsp3) is 0.341. The van der Waals surface area contributed by atoms with Crippen molar-refractivity contribution in [3.63, 3.8) is 0 Å². The van der Waals surface area contributed by atoms with E-state index >= 15 is 0 Å². The number of nitrogens with zero attached hydrogens (tertiary/aromatic N) is 2. The van der Waals surface area contributed by atoms with Crippen LogP contribution in [-0.2, 0) is 29.8 Å². The molecule has 0 radical (unpaired) electrons. The number of benzene rings is 4. The number of rotatable bonds is 17. The summed E-state index contributed by atoms with van der Waals surface area (Å²) in [5.41, 5.74) is 5.97. The third kappa shape index (κ3) is 9.62. The third-order valence-corrected chi connectivity index (χ3v) is 12.6. The van der Waals surface area contributed by atoms with Gasteiger partial charge in [0.25, 0.3) is 13.2 Å². The van der Waals surface area contributed by atoms with Gasteiger partial charge in [0, 0.05) is 36.8 Å². The lowest BCUT2D eigenvalue weighted by Gasteiger charge is -2.33. The Balaban J connectivity index is 1.04. The van der Waals surface area contributed by atoms with Crippen molar-refractivity contribution < 1.29 is 33.1 Å². The van der Waals surface area contributed by atoms with Gasteiger partial charge in [-0.2, -0.15) is 0 Å². The Bertz CT molecular complexity index is 2020. The molecule has 4 N–H and O–H groups in total. The summed E-state index contributed by atoms with van der Waals surface area (Å²) in [7, 11) is -3.75. The minimum Gasteiger partial charge on any atom is -0.449 e. The summed E-state index contributed by atoms with van der Waals surface area (Å²) in [6, 6.07) is 29.5. The van der Waals surface area contributed by atoms with E-state index in [-0.39, 0.29) is 37.0 Å². The fourth-order valence-corrected chi connectivity index (χ4v) is 9.59. The number of nitrogens with one attached hydrogen (secondary N) is 4. The quantitative estimate of drug-likeness (QED) is 0.0530. The maximum atomic E-state index is 14.4. The van der Waals surface area contributed by atoms with Crippen molar-refractivity contribution >= 4 is 36.8 Å². The van der Waals surface area contributed by atoms with Crippen LogP contribution in [0.4, 0.5) is 16.2 Å². The second-order valence-electron chi connectivity index (χ2n) is 13.8. The summed E-state index contributed by atoms with van der Waals surface area (Å²) in [4.78, 5) is 50.6. The van der Waals surface area contributed by atoms with Crippen molar-refractivity contribution in [1.29, 1.82) is 0 Å². The van der Waals surface area contributed by atoms with Crippen LogP contribution < -0.4 is 21.3 Å². The molecule has 4 aromatic rings. The van der Waals surface area contributed by atoms with Gasteiger partial charge >= 0.3 is 6.09 Å². The molecule has 2 aliphatic rings. The van der Waals surface area contributed by atoms with Crippen LogP contribution in [0.3, 0.4) is 0 Å². The van der Waals surface area contributed by atoms with Crippen LogP contribution >= 0.6 is 7.52 Å². The first-order chi connectivity index (χ1) is 27.1. The van der Waals surface area contributed by atoms with Gasteiger partial charge in [-0.1, -0.05) is 78.9 Å². The van der Waals surface area contributed by atoms with Crippen molar-refractivity contribution in [2.24, 2.45) is 0 Å². The molecular weight excluding hydrogens is 735 g/mol. The van der Waals surface area contributed by atoms with Crippen LogP contribution in [0.1, 0.15) is 49.3 Å². The number of nitro benzene ring substituents is 1. The molecule has 15 heteroatoms. The molecule has 0 saturated carbocycles. The molecular formula is C41H47N6O8P. The third-order valence-electron chi connectivity index (χ3n) is 10.1. The van der Waals surface area contributed by atoms with E-state index < -0.39 is 42.6 Å². The normalized spacial score (nSPS) is 17.1. The zero-order chi connectivity index (χ0) is 39.7.